The first-order valence-electron chi connectivity index (χ1n) is 14.1. The summed E-state index contributed by atoms with van der Waals surface area (Å²) in [5.41, 5.74) is 7.67. The van der Waals surface area contributed by atoms with Crippen molar-refractivity contribution in [1.29, 1.82) is 10.5 Å². The fourth-order valence-corrected chi connectivity index (χ4v) is 5.51. The van der Waals surface area contributed by atoms with Crippen LogP contribution in [-0.2, 0) is 7.05 Å². The predicted molar refractivity (Wildman–Crippen MR) is 160 cm³/mol. The molecule has 1 atom stereocenters. The molecule has 4 heterocycles. The predicted octanol–water partition coefficient (Wildman–Crippen LogP) is 5.74. The van der Waals surface area contributed by atoms with E-state index in [1.165, 1.54) is 12.4 Å². The topological polar surface area (TPSA) is 130 Å². The quantitative estimate of drug-likeness (QED) is 0.210. The van der Waals surface area contributed by atoms with Gasteiger partial charge in [-0.3, -0.25) is 9.99 Å². The molecule has 0 saturated heterocycles. The maximum absolute atomic E-state index is 14.0. The fraction of sp³-hybridized carbons (Fsp3) is 0.355. The number of hydrazine groups is 2. The average Bonchev–Trinajstić information content (AvgIpc) is 3.52. The van der Waals surface area contributed by atoms with Crippen LogP contribution in [0, 0.1) is 28.1 Å². The molecule has 0 spiro atoms. The summed E-state index contributed by atoms with van der Waals surface area (Å²) in [6.07, 6.45) is 1.99. The normalized spacial score (nSPS) is 16.7. The van der Waals surface area contributed by atoms with Gasteiger partial charge in [0.15, 0.2) is 5.54 Å². The van der Waals surface area contributed by atoms with Crippen LogP contribution in [0.1, 0.15) is 56.3 Å². The lowest BCUT2D eigenvalue weighted by Gasteiger charge is -2.28. The number of hydrogen-bond donors (Lipinski definition) is 4. The van der Waals surface area contributed by atoms with Gasteiger partial charge in [-0.05, 0) is 48.1 Å². The number of anilines is 2. The number of pyridine rings is 2. The zero-order valence-electron chi connectivity index (χ0n) is 24.6. The first-order valence-corrected chi connectivity index (χ1v) is 14.1. The Balaban J connectivity index is 1.49. The molecule has 1 aromatic carbocycles. The number of fused-ring (bicyclic) bond motifs is 2. The van der Waals surface area contributed by atoms with Gasteiger partial charge in [0.2, 0.25) is 0 Å². The van der Waals surface area contributed by atoms with Gasteiger partial charge in [0.1, 0.15) is 17.8 Å². The van der Waals surface area contributed by atoms with E-state index in [-0.39, 0.29) is 23.8 Å². The van der Waals surface area contributed by atoms with Crippen molar-refractivity contribution in [1.82, 2.24) is 30.5 Å². The van der Waals surface area contributed by atoms with E-state index in [2.05, 4.69) is 64.5 Å². The number of alkyl halides is 3. The van der Waals surface area contributed by atoms with Gasteiger partial charge in [0.05, 0.1) is 34.1 Å². The van der Waals surface area contributed by atoms with Crippen molar-refractivity contribution < 1.29 is 13.2 Å². The highest BCUT2D eigenvalue weighted by Gasteiger charge is 2.67. The van der Waals surface area contributed by atoms with Crippen LogP contribution < -0.4 is 21.6 Å². The first-order chi connectivity index (χ1) is 20.8. The summed E-state index contributed by atoms with van der Waals surface area (Å²) >= 11 is 0. The van der Waals surface area contributed by atoms with Crippen molar-refractivity contribution in [2.45, 2.75) is 51.4 Å². The monoisotopic (exact) mass is 600 g/mol. The van der Waals surface area contributed by atoms with Crippen LogP contribution in [0.2, 0.25) is 0 Å². The second-order valence-corrected chi connectivity index (χ2v) is 12.5. The minimum absolute atomic E-state index is 0.0139. The Morgan fingerprint density at radius 2 is 1.82 bits per heavy atom. The highest BCUT2D eigenvalue weighted by Crippen LogP contribution is 2.54. The van der Waals surface area contributed by atoms with Crippen LogP contribution in [0.15, 0.2) is 54.8 Å². The molecule has 4 aromatic rings. The molecule has 6 rings (SSSR count). The maximum atomic E-state index is 14.0. The molecule has 1 aliphatic carbocycles. The van der Waals surface area contributed by atoms with Crippen molar-refractivity contribution in [3.05, 3.63) is 71.4 Å². The standard InChI is InChI=1S/C31H31F3N10/c1-29(2,3)17-39-26-19(14-36)15-38-25-18(13-35)11-20(12-23(25)26)40-27(21-5-9-37-28-22(21)6-10-43(28)4)24-16-44(42-41-24)30(7-8-30)31(32,33)34/h5-6,9-12,15-16,27,40-42H,7-8,17H2,1-4H3,(H,38,39)/t27-/m0/s1. The Hall–Kier alpha value is -5.01. The zero-order chi connectivity index (χ0) is 31.4. The van der Waals surface area contributed by atoms with Crippen molar-refractivity contribution in [3.63, 3.8) is 0 Å². The zero-order valence-corrected chi connectivity index (χ0v) is 24.6. The van der Waals surface area contributed by atoms with E-state index in [1.54, 1.807) is 12.3 Å². The van der Waals surface area contributed by atoms with Crippen molar-refractivity contribution in [2.75, 3.05) is 17.2 Å². The number of aromatic nitrogens is 3. The molecule has 2 aliphatic rings. The average molecular weight is 601 g/mol. The van der Waals surface area contributed by atoms with Gasteiger partial charge >= 0.3 is 6.18 Å². The molecule has 1 aliphatic heterocycles. The lowest BCUT2D eigenvalue weighted by atomic mass is 9.96. The Kier molecular flexibility index (Phi) is 6.82. The number of halogens is 3. The molecule has 13 heteroatoms. The summed E-state index contributed by atoms with van der Waals surface area (Å²) in [5.74, 6) is 0. The van der Waals surface area contributed by atoms with Gasteiger partial charge in [-0.2, -0.15) is 23.7 Å². The van der Waals surface area contributed by atoms with E-state index in [1.807, 2.05) is 36.0 Å². The van der Waals surface area contributed by atoms with Crippen LogP contribution in [-0.4, -0.2) is 37.8 Å². The summed E-state index contributed by atoms with van der Waals surface area (Å²) < 4.78 is 43.8. The summed E-state index contributed by atoms with van der Waals surface area (Å²) in [4.78, 5) is 8.91. The lowest BCUT2D eigenvalue weighted by Crippen LogP contribution is -2.52. The third kappa shape index (κ3) is 4.99. The van der Waals surface area contributed by atoms with E-state index in [0.717, 1.165) is 16.0 Å². The van der Waals surface area contributed by atoms with Gasteiger partial charge in [-0.25, -0.2) is 4.98 Å². The minimum atomic E-state index is -4.41. The Morgan fingerprint density at radius 3 is 2.48 bits per heavy atom. The summed E-state index contributed by atoms with van der Waals surface area (Å²) in [6, 6.07) is 10.9. The number of nitrogens with zero attached hydrogens (tertiary/aromatic N) is 6. The molecule has 0 bridgehead atoms. The second-order valence-electron chi connectivity index (χ2n) is 12.5. The smallest absolute Gasteiger partial charge is 0.383 e. The lowest BCUT2D eigenvalue weighted by molar-refractivity contribution is -0.195. The molecule has 226 valence electrons. The summed E-state index contributed by atoms with van der Waals surface area (Å²) in [7, 11) is 1.87. The Labute approximate surface area is 252 Å². The SMILES string of the molecule is Cn1ccc2c([C@H](Nc3cc(C#N)c4ncc(C#N)c(NCC(C)(C)C)c4c3)C3=CN(C4(C(F)(F)F)CC4)NN3)ccnc21. The molecule has 0 amide bonds. The van der Waals surface area contributed by atoms with E-state index in [0.29, 0.717) is 45.7 Å². The molecule has 4 N–H and O–H groups in total. The molecular weight excluding hydrogens is 569 g/mol. The number of nitriles is 2. The highest BCUT2D eigenvalue weighted by molar-refractivity contribution is 5.99. The van der Waals surface area contributed by atoms with Gasteiger partial charge in [0.25, 0.3) is 0 Å². The molecule has 3 aromatic heterocycles. The van der Waals surface area contributed by atoms with Crippen molar-refractivity contribution >= 4 is 33.3 Å². The molecule has 1 fully saturated rings. The highest BCUT2D eigenvalue weighted by atomic mass is 19.4. The largest absolute Gasteiger partial charge is 0.413 e. The van der Waals surface area contributed by atoms with E-state index in [4.69, 9.17) is 0 Å². The second kappa shape index (κ2) is 10.3. The number of benzene rings is 1. The third-order valence-electron chi connectivity index (χ3n) is 8.04. The van der Waals surface area contributed by atoms with Gasteiger partial charge in [-0.15, -0.1) is 5.53 Å². The Morgan fingerprint density at radius 1 is 1.07 bits per heavy atom. The minimum Gasteiger partial charge on any atom is -0.383 e. The molecule has 10 nitrogen and oxygen atoms in total. The van der Waals surface area contributed by atoms with Crippen LogP contribution >= 0.6 is 0 Å². The van der Waals surface area contributed by atoms with Gasteiger partial charge in [-0.1, -0.05) is 20.8 Å². The van der Waals surface area contributed by atoms with E-state index in [9.17, 15) is 23.7 Å². The number of rotatable bonds is 7. The van der Waals surface area contributed by atoms with Gasteiger partial charge in [0, 0.05) is 54.8 Å². The summed E-state index contributed by atoms with van der Waals surface area (Å²) in [5, 5.41) is 29.3. The number of hydrogen-bond acceptors (Lipinski definition) is 9. The van der Waals surface area contributed by atoms with Crippen LogP contribution in [0.25, 0.3) is 21.9 Å². The van der Waals surface area contributed by atoms with E-state index >= 15 is 0 Å². The maximum Gasteiger partial charge on any atom is 0.413 e. The molecule has 0 unspecified atom stereocenters. The van der Waals surface area contributed by atoms with Crippen LogP contribution in [0.5, 0.6) is 0 Å². The Bertz CT molecular complexity index is 1880. The van der Waals surface area contributed by atoms with Gasteiger partial charge < -0.3 is 20.6 Å². The number of nitrogens with one attached hydrogen (secondary N) is 4. The molecular formula is C31H31F3N10. The molecule has 0 radical (unpaired) electrons. The molecule has 44 heavy (non-hydrogen) atoms. The van der Waals surface area contributed by atoms with Crippen molar-refractivity contribution in [2.24, 2.45) is 12.5 Å². The fourth-order valence-electron chi connectivity index (χ4n) is 5.51. The van der Waals surface area contributed by atoms with Crippen LogP contribution in [0.3, 0.4) is 0 Å². The van der Waals surface area contributed by atoms with Crippen LogP contribution in [0.4, 0.5) is 24.5 Å². The third-order valence-corrected chi connectivity index (χ3v) is 8.04. The van der Waals surface area contributed by atoms with E-state index < -0.39 is 17.8 Å². The molecule has 1 saturated carbocycles. The number of aryl methyl sites for hydroxylation is 1. The summed E-state index contributed by atoms with van der Waals surface area (Å²) in [6.45, 7) is 6.76. The van der Waals surface area contributed by atoms with Crippen molar-refractivity contribution in [3.8, 4) is 12.1 Å². The first kappa shape index (κ1) is 29.1.